The van der Waals surface area contributed by atoms with Gasteiger partial charge in [0.05, 0.1) is 52.0 Å². The van der Waals surface area contributed by atoms with E-state index in [1.807, 2.05) is 0 Å². The molecule has 5 heterocycles. The van der Waals surface area contributed by atoms with Crippen LogP contribution in [0.25, 0.3) is 0 Å². The summed E-state index contributed by atoms with van der Waals surface area (Å²) in [4.78, 5) is 301. The molecule has 5 aliphatic heterocycles. The number of nitrogens with two attached hydrogens (primary N) is 3. The molecule has 9 unspecified atom stereocenters. The fraction of sp³-hybridized carbons (Fsp3) is 0.777. The molecular weight excluding hydrogens is 1930 g/mol. The number of nitrogens with zero attached hydrogens (tertiary/aromatic N) is 5. The number of hydrogen-bond acceptors (Lipinski definition) is 30. The highest BCUT2D eigenvalue weighted by Gasteiger charge is 2.48. The molecule has 812 valence electrons. The zero-order valence-corrected chi connectivity index (χ0v) is 84.5. The molecule has 145 heavy (non-hydrogen) atoms. The summed E-state index contributed by atoms with van der Waals surface area (Å²) in [5.41, 5.74) is 17.2. The summed E-state index contributed by atoms with van der Waals surface area (Å²) < 4.78 is 0. The average Bonchev–Trinajstić information content (AvgIpc) is 1.15. The molecule has 0 spiro atoms. The molecule has 0 bridgehead atoms. The predicted octanol–water partition coefficient (Wildman–Crippen LogP) is -5.05. The average molecular weight is 2090 g/mol. The molecule has 9 rings (SSSR count). The highest BCUT2D eigenvalue weighted by atomic mass is 33.1. The number of nitrogens with one attached hydrogen (secondary N) is 14. The Labute approximate surface area is 850 Å². The number of carboxylic acids is 5. The second-order valence-electron chi connectivity index (χ2n) is 40.6. The fourth-order valence-electron chi connectivity index (χ4n) is 21.8. The number of primary amides is 3. The molecule has 26 N–H and O–H groups in total. The Morgan fingerprint density at radius 2 is 0.966 bits per heavy atom. The molecule has 0 aromatic carbocycles. The van der Waals surface area contributed by atoms with E-state index < -0.39 is 259 Å². The number of amides is 16. The van der Waals surface area contributed by atoms with E-state index in [1.54, 1.807) is 33.4 Å². The highest BCUT2D eigenvalue weighted by Crippen LogP contribution is 2.46. The summed E-state index contributed by atoms with van der Waals surface area (Å²) in [6, 6.07) is -21.0. The fourth-order valence-corrected chi connectivity index (χ4v) is 24.1. The van der Waals surface area contributed by atoms with Crippen LogP contribution < -0.4 is 91.6 Å². The maximum Gasteiger partial charge on any atom is 0.317 e. The highest BCUT2D eigenvalue weighted by molar-refractivity contribution is 8.76. The van der Waals surface area contributed by atoms with Gasteiger partial charge in [-0.2, -0.15) is 0 Å². The van der Waals surface area contributed by atoms with Crippen molar-refractivity contribution in [3.8, 4) is 0 Å². The van der Waals surface area contributed by atoms with Gasteiger partial charge < -0.3 is 127 Å². The third-order valence-corrected chi connectivity index (χ3v) is 31.6. The second kappa shape index (κ2) is 59.3. The summed E-state index contributed by atoms with van der Waals surface area (Å²) in [7, 11) is 1.52. The lowest BCUT2D eigenvalue weighted by atomic mass is 9.64. The van der Waals surface area contributed by atoms with E-state index in [9.17, 15) is 88.2 Å². The Morgan fingerprint density at radius 1 is 0.441 bits per heavy atom. The van der Waals surface area contributed by atoms with Crippen LogP contribution in [0.2, 0.25) is 0 Å². The van der Waals surface area contributed by atoms with Crippen LogP contribution in [0.3, 0.4) is 0 Å². The number of carbonyl (C=O) groups excluding carboxylic acids is 16. The van der Waals surface area contributed by atoms with Gasteiger partial charge in [0.15, 0.2) is 0 Å². The predicted molar refractivity (Wildman–Crippen MR) is 525 cm³/mol. The lowest BCUT2D eigenvalue weighted by Crippen LogP contribution is -2.61. The quantitative estimate of drug-likeness (QED) is 0.0201. The minimum atomic E-state index is -2.13. The van der Waals surface area contributed by atoms with Gasteiger partial charge in [0.2, 0.25) is 94.5 Å². The summed E-state index contributed by atoms with van der Waals surface area (Å²) >= 11 is 0. The molecule has 0 aromatic rings. The third kappa shape index (κ3) is 39.1. The summed E-state index contributed by atoms with van der Waals surface area (Å²) in [6.45, 7) is 2.81. The molecule has 5 saturated heterocycles. The minimum Gasteiger partial charge on any atom is -0.481 e. The van der Waals surface area contributed by atoms with Crippen molar-refractivity contribution in [1.29, 1.82) is 0 Å². The van der Waals surface area contributed by atoms with E-state index in [0.717, 1.165) is 116 Å². The SMILES string of the molecule is CC(C)C[C@@H]1NC(=O)[C@H](CC2CC3CCCCC3N2)NC(=O)[C@@H](NC(=O)[C@H](CC(=O)O)NC(=O)[C@H](CO)NC(=O)CCCCCNC(=O)CN2CCN(CC(=O)O)CCN(CC(=O)O)CCN(CC(=O)O)CC2)CSSC[C@@H](C(=O)N2CCC[C@H]2C(=O)N[C@@H](CC2CCCC3CCCCC32)C(=O)N[C@@H](CC(=O)O)C(N)=O)NC(=O)[C@H](CC(N)=O)NC(=O)[C@H](CC2CNC3CCCCC23)NC(=O)[C@H](CCC(N)=O)NC1=O. The smallest absolute Gasteiger partial charge is 0.317 e. The number of aliphatic carboxylic acids is 5. The van der Waals surface area contributed by atoms with Crippen molar-refractivity contribution in [3.63, 3.8) is 0 Å². The number of hydrogen-bond donors (Lipinski definition) is 23. The van der Waals surface area contributed by atoms with E-state index in [1.165, 1.54) is 0 Å². The Hall–Kier alpha value is -10.7. The molecule has 51 heteroatoms. The number of unbranched alkanes of at least 4 members (excludes halogenated alkanes) is 2. The maximum atomic E-state index is 15.9. The van der Waals surface area contributed by atoms with Gasteiger partial charge in [-0.1, -0.05) is 106 Å². The number of likely N-dealkylation sites (tertiary alicyclic amines) is 1. The first-order chi connectivity index (χ1) is 69.1. The van der Waals surface area contributed by atoms with Gasteiger partial charge in [-0.05, 0) is 144 Å². The summed E-state index contributed by atoms with van der Waals surface area (Å²) in [5.74, 6) is -24.0. The number of aliphatic hydroxyl groups excluding tert-OH is 1. The second-order valence-corrected chi connectivity index (χ2v) is 43.2. The zero-order chi connectivity index (χ0) is 106. The minimum absolute atomic E-state index is 0.00378. The van der Waals surface area contributed by atoms with E-state index in [-0.39, 0.29) is 185 Å². The number of fused-ring (bicyclic) bond motifs is 3. The number of carboxylic acid groups (broad SMARTS) is 5. The summed E-state index contributed by atoms with van der Waals surface area (Å²) in [6.07, 6.45) is 9.75. The topological polar surface area (TPSA) is 743 Å². The third-order valence-electron chi connectivity index (χ3n) is 29.2. The number of carbonyl (C=O) groups is 21. The van der Waals surface area contributed by atoms with Gasteiger partial charge in [-0.25, -0.2) is 0 Å². The van der Waals surface area contributed by atoms with Crippen molar-refractivity contribution in [3.05, 3.63) is 0 Å². The Morgan fingerprint density at radius 3 is 1.57 bits per heavy atom. The van der Waals surface area contributed by atoms with Crippen molar-refractivity contribution in [2.24, 2.45) is 58.6 Å². The standard InChI is InChI=1S/C94H152N22O27S2/c1-52(2)36-64-85(134)102-62(24-25-74(95)118)84(133)105-66(39-56-44-99-61-21-10-8-19-59(56)61)87(136)107-68(41-75(96)119)89(138)111-72(94(143)116-27-13-22-73(116)93(142)109-65(86(135)103-63(83(97)132)42-78(122)123)38-54-17-12-16-53-14-5-7-18-58(53)54)51-145-144-50-71(92(141)106-67(88(137)104-64)40-57-37-55-15-6-9-20-60(55)100-57)110-90(139)69(43-79(124)125)108-91(140)70(49-117)101-76(120)23-4-3-11-26-98-77(121)45-112-28-30-113(46-80(126)127)32-34-115(48-82(130)131)35-33-114(31-29-112)47-81(128)129/h52-73,99-100,117H,3-51H2,1-2H3,(H2,95,118)(H2,96,119)(H2,97,132)(H,98,121)(H,101,120)(H,102,134)(H,103,135)(H,104,137)(H,105,133)(H,106,141)(H,107,136)(H,108,140)(H,109,142)(H,110,139)(H,111,138)(H,122,123)(H,124,125)(H,126,127)(H,128,129)(H,130,131)/t53?,54?,55?,56?,57?,58?,59?,60?,61?,62-,63-,64-,65-,66-,67-,68-,69-,70-,71-,72-,73-/m0/s1. The van der Waals surface area contributed by atoms with Crippen molar-refractivity contribution in [2.75, 3.05) is 116 Å². The van der Waals surface area contributed by atoms with Crippen molar-refractivity contribution in [2.45, 2.75) is 304 Å². The molecule has 9 fully saturated rings. The van der Waals surface area contributed by atoms with Crippen LogP contribution in [0.15, 0.2) is 0 Å². The first kappa shape index (κ1) is 118. The van der Waals surface area contributed by atoms with Gasteiger partial charge in [0, 0.05) is 108 Å². The molecule has 9 aliphatic rings. The van der Waals surface area contributed by atoms with Crippen LogP contribution in [-0.2, 0) is 101 Å². The van der Waals surface area contributed by atoms with Crippen molar-refractivity contribution >= 4 is 146 Å². The van der Waals surface area contributed by atoms with Crippen LogP contribution in [-0.4, -0.2) is 386 Å². The largest absolute Gasteiger partial charge is 0.481 e. The number of rotatable bonds is 43. The Bertz CT molecular complexity index is 4460. The first-order valence-corrected chi connectivity index (χ1v) is 53.7. The van der Waals surface area contributed by atoms with E-state index in [0.29, 0.717) is 38.1 Å². The van der Waals surface area contributed by atoms with Crippen LogP contribution in [0.5, 0.6) is 0 Å². The molecule has 49 nitrogen and oxygen atoms in total. The zero-order valence-electron chi connectivity index (χ0n) is 82.9. The molecule has 0 aromatic heterocycles. The van der Waals surface area contributed by atoms with Crippen LogP contribution in [0, 0.1) is 41.4 Å². The van der Waals surface area contributed by atoms with E-state index in [2.05, 4.69) is 74.4 Å². The van der Waals surface area contributed by atoms with Gasteiger partial charge in [0.25, 0.3) is 0 Å². The maximum absolute atomic E-state index is 15.9. The molecule has 4 saturated carbocycles. The Kier molecular flexibility index (Phi) is 48.2. The van der Waals surface area contributed by atoms with Gasteiger partial charge in [-0.3, -0.25) is 120 Å². The molecular formula is C94H152N22O27S2. The van der Waals surface area contributed by atoms with E-state index >= 15 is 43.2 Å². The molecule has 21 atom stereocenters. The van der Waals surface area contributed by atoms with E-state index in [4.69, 9.17) is 17.2 Å². The summed E-state index contributed by atoms with van der Waals surface area (Å²) in [5, 5.41) is 98.2. The van der Waals surface area contributed by atoms with Crippen molar-refractivity contribution in [1.82, 2.24) is 98.9 Å². The monoisotopic (exact) mass is 2090 g/mol. The van der Waals surface area contributed by atoms with Crippen LogP contribution in [0.4, 0.5) is 0 Å². The molecule has 4 aliphatic carbocycles. The molecule has 0 radical (unpaired) electrons. The molecule has 16 amide bonds. The van der Waals surface area contributed by atoms with Gasteiger partial charge in [0.1, 0.15) is 72.5 Å². The lowest BCUT2D eigenvalue weighted by molar-refractivity contribution is -0.142. The van der Waals surface area contributed by atoms with Crippen molar-refractivity contribution < 1.29 is 131 Å². The lowest BCUT2D eigenvalue weighted by Gasteiger charge is -2.42. The number of aliphatic hydroxyl groups is 1. The van der Waals surface area contributed by atoms with Crippen LogP contribution in [0.1, 0.15) is 213 Å². The van der Waals surface area contributed by atoms with Gasteiger partial charge in [-0.15, -0.1) is 0 Å². The normalized spacial score (nSPS) is 28.1. The van der Waals surface area contributed by atoms with Crippen LogP contribution >= 0.6 is 21.6 Å². The Balaban J connectivity index is 0.996. The van der Waals surface area contributed by atoms with Gasteiger partial charge >= 0.3 is 29.8 Å². The first-order valence-electron chi connectivity index (χ1n) is 51.2.